The van der Waals surface area contributed by atoms with Gasteiger partial charge in [-0.05, 0) is 42.0 Å². The van der Waals surface area contributed by atoms with E-state index < -0.39 is 11.7 Å². The topological polar surface area (TPSA) is 75.5 Å². The minimum absolute atomic E-state index is 0.119. The zero-order chi connectivity index (χ0) is 24.5. The van der Waals surface area contributed by atoms with Crippen molar-refractivity contribution < 1.29 is 14.0 Å². The van der Waals surface area contributed by atoms with E-state index in [1.807, 2.05) is 0 Å². The molecule has 0 saturated carbocycles. The fraction of sp³-hybridized carbons (Fsp3) is 0.154. The summed E-state index contributed by atoms with van der Waals surface area (Å²) in [5.74, 6) is -1.52. The number of para-hydroxylation sites is 2. The summed E-state index contributed by atoms with van der Waals surface area (Å²) in [6.07, 6.45) is 1.24. The van der Waals surface area contributed by atoms with Gasteiger partial charge in [-0.25, -0.2) is 4.39 Å². The largest absolute Gasteiger partial charge is 0.327 e. The summed E-state index contributed by atoms with van der Waals surface area (Å²) in [5, 5.41) is 5.17. The van der Waals surface area contributed by atoms with E-state index in [1.165, 1.54) is 28.1 Å². The number of carbonyl (C=O) groups is 2. The van der Waals surface area contributed by atoms with E-state index in [-0.39, 0.29) is 43.1 Å². The second-order valence-corrected chi connectivity index (χ2v) is 8.63. The quantitative estimate of drug-likeness (QED) is 0.437. The molecule has 2 heterocycles. The van der Waals surface area contributed by atoms with E-state index in [9.17, 15) is 18.8 Å². The second-order valence-electron chi connectivity index (χ2n) is 8.22. The molecular formula is C26H20ClFN4O3. The molecule has 0 aliphatic carbocycles. The fourth-order valence-electron chi connectivity index (χ4n) is 4.24. The first-order valence-corrected chi connectivity index (χ1v) is 11.4. The van der Waals surface area contributed by atoms with E-state index in [4.69, 9.17) is 11.6 Å². The molecule has 2 amide bonds. The number of fused-ring (bicyclic) bond motifs is 1. The van der Waals surface area contributed by atoms with Gasteiger partial charge in [0.05, 0.1) is 34.5 Å². The van der Waals surface area contributed by atoms with E-state index in [2.05, 4.69) is 5.10 Å². The molecule has 0 spiro atoms. The number of carbonyl (C=O) groups excluding carboxylic acids is 2. The van der Waals surface area contributed by atoms with Crippen LogP contribution < -0.4 is 10.3 Å². The maximum Gasteiger partial charge on any atom is 0.257 e. The Morgan fingerprint density at radius 3 is 2.57 bits per heavy atom. The van der Waals surface area contributed by atoms with Gasteiger partial charge in [0.2, 0.25) is 11.3 Å². The Hall–Kier alpha value is -4.04. The van der Waals surface area contributed by atoms with Crippen molar-refractivity contribution in [3.63, 3.8) is 0 Å². The summed E-state index contributed by atoms with van der Waals surface area (Å²) in [6.45, 7) is 0.550. The third-order valence-electron chi connectivity index (χ3n) is 6.01. The van der Waals surface area contributed by atoms with Crippen molar-refractivity contribution in [3.05, 3.63) is 105 Å². The molecule has 0 bridgehead atoms. The monoisotopic (exact) mass is 490 g/mol. The molecule has 0 unspecified atom stereocenters. The molecule has 0 N–H and O–H groups in total. The number of rotatable bonds is 4. The fourth-order valence-corrected chi connectivity index (χ4v) is 4.47. The lowest BCUT2D eigenvalue weighted by atomic mass is 10.1. The number of benzene rings is 3. The zero-order valence-electron chi connectivity index (χ0n) is 18.5. The first-order chi connectivity index (χ1) is 16.9. The van der Waals surface area contributed by atoms with Gasteiger partial charge in [-0.3, -0.25) is 19.1 Å². The second kappa shape index (κ2) is 9.31. The SMILES string of the molecule is O=C(c1cc(Cn2ncc(=O)c3ccccc32)ccc1F)N1CCN(c2ccccc2Cl)C(=O)C1. The van der Waals surface area contributed by atoms with Gasteiger partial charge in [-0.1, -0.05) is 41.9 Å². The lowest BCUT2D eigenvalue weighted by Gasteiger charge is -2.34. The number of piperazine rings is 1. The summed E-state index contributed by atoms with van der Waals surface area (Å²) in [5.41, 5.74) is 1.55. The predicted molar refractivity (Wildman–Crippen MR) is 131 cm³/mol. The Morgan fingerprint density at radius 2 is 1.77 bits per heavy atom. The first kappa shape index (κ1) is 22.7. The van der Waals surface area contributed by atoms with Crippen LogP contribution in [0.2, 0.25) is 5.02 Å². The normalized spacial score (nSPS) is 13.9. The van der Waals surface area contributed by atoms with Gasteiger partial charge < -0.3 is 9.80 Å². The average Bonchev–Trinajstić information content (AvgIpc) is 2.87. The molecule has 4 aromatic rings. The van der Waals surface area contributed by atoms with Crippen molar-refractivity contribution in [2.24, 2.45) is 0 Å². The minimum atomic E-state index is -0.669. The molecule has 1 aromatic heterocycles. The van der Waals surface area contributed by atoms with Crippen LogP contribution in [0.3, 0.4) is 0 Å². The molecule has 1 saturated heterocycles. The highest BCUT2D eigenvalue weighted by atomic mass is 35.5. The maximum atomic E-state index is 14.7. The Morgan fingerprint density at radius 1 is 1.00 bits per heavy atom. The predicted octanol–water partition coefficient (Wildman–Crippen LogP) is 3.73. The van der Waals surface area contributed by atoms with Crippen LogP contribution in [-0.2, 0) is 11.3 Å². The van der Waals surface area contributed by atoms with Crippen LogP contribution in [0.5, 0.6) is 0 Å². The Bertz CT molecular complexity index is 1520. The van der Waals surface area contributed by atoms with Gasteiger partial charge in [0.15, 0.2) is 0 Å². The third kappa shape index (κ3) is 4.40. The lowest BCUT2D eigenvalue weighted by Crippen LogP contribution is -2.52. The summed E-state index contributed by atoms with van der Waals surface area (Å²) < 4.78 is 16.3. The first-order valence-electron chi connectivity index (χ1n) is 11.0. The van der Waals surface area contributed by atoms with Gasteiger partial charge in [0, 0.05) is 18.5 Å². The van der Waals surface area contributed by atoms with E-state index in [0.717, 1.165) is 0 Å². The minimum Gasteiger partial charge on any atom is -0.327 e. The molecule has 0 atom stereocenters. The van der Waals surface area contributed by atoms with Crippen molar-refractivity contribution in [1.82, 2.24) is 14.7 Å². The number of hydrogen-bond donors (Lipinski definition) is 0. The molecular weight excluding hydrogens is 471 g/mol. The number of hydrogen-bond acceptors (Lipinski definition) is 4. The van der Waals surface area contributed by atoms with Crippen LogP contribution in [0.1, 0.15) is 15.9 Å². The van der Waals surface area contributed by atoms with Crippen LogP contribution in [0.4, 0.5) is 10.1 Å². The molecule has 0 radical (unpaired) electrons. The molecule has 3 aromatic carbocycles. The summed E-state index contributed by atoms with van der Waals surface area (Å²) >= 11 is 6.22. The number of aromatic nitrogens is 2. The molecule has 7 nitrogen and oxygen atoms in total. The number of anilines is 1. The van der Waals surface area contributed by atoms with Gasteiger partial charge in [0.1, 0.15) is 12.4 Å². The average molecular weight is 491 g/mol. The van der Waals surface area contributed by atoms with Crippen molar-refractivity contribution >= 4 is 40.0 Å². The van der Waals surface area contributed by atoms with Crippen molar-refractivity contribution in [2.75, 3.05) is 24.5 Å². The van der Waals surface area contributed by atoms with E-state index >= 15 is 0 Å². The number of amides is 2. The smallest absolute Gasteiger partial charge is 0.257 e. The summed E-state index contributed by atoms with van der Waals surface area (Å²) in [7, 11) is 0. The highest BCUT2D eigenvalue weighted by molar-refractivity contribution is 6.33. The Kier molecular flexibility index (Phi) is 6.05. The Balaban J connectivity index is 1.37. The van der Waals surface area contributed by atoms with Crippen LogP contribution in [0, 0.1) is 5.82 Å². The highest BCUT2D eigenvalue weighted by Gasteiger charge is 2.30. The van der Waals surface area contributed by atoms with Crippen LogP contribution in [0.25, 0.3) is 10.9 Å². The van der Waals surface area contributed by atoms with Gasteiger partial charge in [-0.15, -0.1) is 0 Å². The highest BCUT2D eigenvalue weighted by Crippen LogP contribution is 2.27. The summed E-state index contributed by atoms with van der Waals surface area (Å²) in [4.78, 5) is 40.9. The number of halogens is 2. The van der Waals surface area contributed by atoms with Gasteiger partial charge in [-0.2, -0.15) is 5.10 Å². The van der Waals surface area contributed by atoms with Crippen molar-refractivity contribution in [3.8, 4) is 0 Å². The zero-order valence-corrected chi connectivity index (χ0v) is 19.3. The van der Waals surface area contributed by atoms with E-state index in [0.29, 0.717) is 27.2 Å². The van der Waals surface area contributed by atoms with Gasteiger partial charge >= 0.3 is 0 Å². The standard InChI is InChI=1S/C26H20ClFN4O3/c27-20-6-2-4-8-23(20)31-12-11-30(16-25(31)34)26(35)19-13-17(9-10-21(19)28)15-32-22-7-3-1-5-18(22)24(33)14-29-32/h1-10,13-14H,11-12,15-16H2. The summed E-state index contributed by atoms with van der Waals surface area (Å²) in [6, 6.07) is 18.4. The van der Waals surface area contributed by atoms with Crippen LogP contribution in [-0.4, -0.2) is 46.1 Å². The molecule has 35 heavy (non-hydrogen) atoms. The van der Waals surface area contributed by atoms with Gasteiger partial charge in [0.25, 0.3) is 5.91 Å². The molecule has 1 fully saturated rings. The molecule has 1 aliphatic heterocycles. The molecule has 176 valence electrons. The Labute approximate surface area is 205 Å². The molecule has 1 aliphatic rings. The third-order valence-corrected chi connectivity index (χ3v) is 6.33. The van der Waals surface area contributed by atoms with Crippen LogP contribution >= 0.6 is 11.6 Å². The van der Waals surface area contributed by atoms with Crippen LogP contribution in [0.15, 0.2) is 77.7 Å². The van der Waals surface area contributed by atoms with Crippen molar-refractivity contribution in [1.29, 1.82) is 0 Å². The van der Waals surface area contributed by atoms with Crippen molar-refractivity contribution in [2.45, 2.75) is 6.54 Å². The van der Waals surface area contributed by atoms with E-state index in [1.54, 1.807) is 59.3 Å². The maximum absolute atomic E-state index is 14.7. The lowest BCUT2D eigenvalue weighted by molar-refractivity contribution is -0.120. The number of nitrogens with zero attached hydrogens (tertiary/aromatic N) is 4. The molecule has 9 heteroatoms. The molecule has 5 rings (SSSR count).